The summed E-state index contributed by atoms with van der Waals surface area (Å²) in [6, 6.07) is 0. The van der Waals surface area contributed by atoms with Gasteiger partial charge >= 0.3 is 0 Å². The van der Waals surface area contributed by atoms with Crippen molar-refractivity contribution in [3.63, 3.8) is 0 Å². The molecule has 2 nitrogen and oxygen atoms in total. The highest BCUT2D eigenvalue weighted by molar-refractivity contribution is 8.01. The largest absolute Gasteiger partial charge is 0.393 e. The van der Waals surface area contributed by atoms with Crippen molar-refractivity contribution in [3.8, 4) is 0 Å². The smallest absolute Gasteiger partial charge is 0.150 e. The van der Waals surface area contributed by atoms with E-state index in [9.17, 15) is 0 Å². The maximum atomic E-state index is 8.98. The van der Waals surface area contributed by atoms with Gasteiger partial charge in [0, 0.05) is 16.8 Å². The first-order valence-corrected chi connectivity index (χ1v) is 5.28. The third-order valence-electron chi connectivity index (χ3n) is 1.05. The van der Waals surface area contributed by atoms with Crippen LogP contribution in [0.3, 0.4) is 0 Å². The van der Waals surface area contributed by atoms with E-state index in [0.717, 1.165) is 15.8 Å². The summed E-state index contributed by atoms with van der Waals surface area (Å²) in [7, 11) is 0. The number of aliphatic hydroxyl groups is 1. The van der Waals surface area contributed by atoms with Crippen molar-refractivity contribution in [1.82, 2.24) is 4.98 Å². The lowest BCUT2D eigenvalue weighted by Gasteiger charge is -1.98. The SMILES string of the molecule is Cc1csc(SC[C@@H](C)O)n1. The predicted octanol–water partition coefficient (Wildman–Crippen LogP) is 1.92. The molecule has 1 atom stereocenters. The molecule has 0 unspecified atom stereocenters. The van der Waals surface area contributed by atoms with E-state index in [4.69, 9.17) is 5.11 Å². The average molecular weight is 189 g/mol. The fourth-order valence-electron chi connectivity index (χ4n) is 0.591. The zero-order chi connectivity index (χ0) is 8.27. The van der Waals surface area contributed by atoms with Crippen LogP contribution in [-0.2, 0) is 0 Å². The molecule has 0 saturated carbocycles. The minimum Gasteiger partial charge on any atom is -0.393 e. The van der Waals surface area contributed by atoms with Gasteiger partial charge < -0.3 is 5.11 Å². The molecule has 0 amide bonds. The molecule has 0 aliphatic carbocycles. The van der Waals surface area contributed by atoms with Crippen molar-refractivity contribution in [2.24, 2.45) is 0 Å². The lowest BCUT2D eigenvalue weighted by Crippen LogP contribution is -2.01. The summed E-state index contributed by atoms with van der Waals surface area (Å²) in [6.45, 7) is 3.76. The first kappa shape index (κ1) is 9.03. The zero-order valence-electron chi connectivity index (χ0n) is 6.57. The number of aromatic nitrogens is 1. The number of aliphatic hydroxyl groups excluding tert-OH is 1. The molecular weight excluding hydrogens is 178 g/mol. The first-order valence-electron chi connectivity index (χ1n) is 3.41. The molecule has 0 bridgehead atoms. The summed E-state index contributed by atoms with van der Waals surface area (Å²) in [4.78, 5) is 4.25. The lowest BCUT2D eigenvalue weighted by molar-refractivity contribution is 0.220. The minimum absolute atomic E-state index is 0.246. The highest BCUT2D eigenvalue weighted by atomic mass is 32.2. The van der Waals surface area contributed by atoms with Crippen molar-refractivity contribution in [2.75, 3.05) is 5.75 Å². The van der Waals surface area contributed by atoms with E-state index in [0.29, 0.717) is 0 Å². The Morgan fingerprint density at radius 2 is 2.55 bits per heavy atom. The number of nitrogens with zero attached hydrogens (tertiary/aromatic N) is 1. The third-order valence-corrected chi connectivity index (χ3v) is 3.43. The molecule has 62 valence electrons. The van der Waals surface area contributed by atoms with Crippen LogP contribution in [0.5, 0.6) is 0 Å². The van der Waals surface area contributed by atoms with Gasteiger partial charge in [-0.15, -0.1) is 11.3 Å². The Bertz CT molecular complexity index is 222. The molecule has 0 radical (unpaired) electrons. The topological polar surface area (TPSA) is 33.1 Å². The normalized spacial score (nSPS) is 13.4. The minimum atomic E-state index is -0.246. The molecule has 11 heavy (non-hydrogen) atoms. The van der Waals surface area contributed by atoms with Crippen molar-refractivity contribution < 1.29 is 5.11 Å². The van der Waals surface area contributed by atoms with Crippen LogP contribution in [-0.4, -0.2) is 21.9 Å². The van der Waals surface area contributed by atoms with Gasteiger partial charge in [-0.05, 0) is 13.8 Å². The molecule has 1 heterocycles. The molecule has 1 aromatic heterocycles. The standard InChI is InChI=1S/C7H11NOS2/c1-5-3-10-7(8-5)11-4-6(2)9/h3,6,9H,4H2,1-2H3/t6-/m1/s1. The van der Waals surface area contributed by atoms with Gasteiger partial charge in [-0.3, -0.25) is 0 Å². The molecule has 1 rings (SSSR count). The molecular formula is C7H11NOS2. The predicted molar refractivity (Wildman–Crippen MR) is 49.3 cm³/mol. The first-order chi connectivity index (χ1) is 5.18. The average Bonchev–Trinajstić information content (AvgIpc) is 2.31. The van der Waals surface area contributed by atoms with Crippen LogP contribution >= 0.6 is 23.1 Å². The molecule has 1 aromatic rings. The van der Waals surface area contributed by atoms with Crippen molar-refractivity contribution in [1.29, 1.82) is 0 Å². The van der Waals surface area contributed by atoms with E-state index in [1.54, 1.807) is 30.0 Å². The van der Waals surface area contributed by atoms with Crippen LogP contribution in [0.15, 0.2) is 9.72 Å². The van der Waals surface area contributed by atoms with Crippen molar-refractivity contribution in [2.45, 2.75) is 24.3 Å². The van der Waals surface area contributed by atoms with Gasteiger partial charge in [-0.2, -0.15) is 0 Å². The molecule has 0 saturated heterocycles. The van der Waals surface area contributed by atoms with Gasteiger partial charge in [-0.25, -0.2) is 4.98 Å². The Hall–Kier alpha value is -0.0600. The fourth-order valence-corrected chi connectivity index (χ4v) is 2.32. The van der Waals surface area contributed by atoms with Gasteiger partial charge in [0.05, 0.1) is 6.10 Å². The number of aryl methyl sites for hydroxylation is 1. The molecule has 0 fully saturated rings. The van der Waals surface area contributed by atoms with Gasteiger partial charge in [-0.1, -0.05) is 11.8 Å². The second kappa shape index (κ2) is 4.09. The molecule has 4 heteroatoms. The van der Waals surface area contributed by atoms with E-state index in [2.05, 4.69) is 4.98 Å². The van der Waals surface area contributed by atoms with Gasteiger partial charge in [0.1, 0.15) is 4.34 Å². The second-order valence-corrected chi connectivity index (χ2v) is 4.54. The van der Waals surface area contributed by atoms with E-state index in [1.165, 1.54) is 0 Å². The highest BCUT2D eigenvalue weighted by Crippen LogP contribution is 2.22. The summed E-state index contributed by atoms with van der Waals surface area (Å²) in [5.74, 6) is 0.729. The van der Waals surface area contributed by atoms with Crippen LogP contribution < -0.4 is 0 Å². The Morgan fingerprint density at radius 1 is 1.82 bits per heavy atom. The van der Waals surface area contributed by atoms with Crippen LogP contribution in [0, 0.1) is 6.92 Å². The zero-order valence-corrected chi connectivity index (χ0v) is 8.21. The van der Waals surface area contributed by atoms with Crippen LogP contribution in [0.1, 0.15) is 12.6 Å². The van der Waals surface area contributed by atoms with Gasteiger partial charge in [0.25, 0.3) is 0 Å². The van der Waals surface area contributed by atoms with Crippen molar-refractivity contribution >= 4 is 23.1 Å². The van der Waals surface area contributed by atoms with E-state index >= 15 is 0 Å². The van der Waals surface area contributed by atoms with Crippen molar-refractivity contribution in [3.05, 3.63) is 11.1 Å². The molecule has 0 aromatic carbocycles. The number of hydrogen-bond acceptors (Lipinski definition) is 4. The summed E-state index contributed by atoms with van der Waals surface area (Å²) < 4.78 is 1.04. The fraction of sp³-hybridized carbons (Fsp3) is 0.571. The summed E-state index contributed by atoms with van der Waals surface area (Å²) in [6.07, 6.45) is -0.246. The molecule has 1 N–H and O–H groups in total. The number of hydrogen-bond donors (Lipinski definition) is 1. The Kier molecular flexibility index (Phi) is 3.36. The van der Waals surface area contributed by atoms with Crippen LogP contribution in [0.25, 0.3) is 0 Å². The number of rotatable bonds is 3. The maximum Gasteiger partial charge on any atom is 0.150 e. The maximum absolute atomic E-state index is 8.98. The molecule has 0 spiro atoms. The van der Waals surface area contributed by atoms with Gasteiger partial charge in [0.15, 0.2) is 0 Å². The number of thiazole rings is 1. The third kappa shape index (κ3) is 3.22. The number of thioether (sulfide) groups is 1. The van der Waals surface area contributed by atoms with Gasteiger partial charge in [0.2, 0.25) is 0 Å². The second-order valence-electron chi connectivity index (χ2n) is 2.41. The monoisotopic (exact) mass is 189 g/mol. The lowest BCUT2D eigenvalue weighted by atomic mass is 10.5. The van der Waals surface area contributed by atoms with Crippen LogP contribution in [0.2, 0.25) is 0 Å². The van der Waals surface area contributed by atoms with E-state index in [-0.39, 0.29) is 6.10 Å². The summed E-state index contributed by atoms with van der Waals surface area (Å²) in [5, 5.41) is 11.0. The van der Waals surface area contributed by atoms with Crippen LogP contribution in [0.4, 0.5) is 0 Å². The Balaban J connectivity index is 2.39. The Labute approximate surface area is 74.7 Å². The highest BCUT2D eigenvalue weighted by Gasteiger charge is 2.01. The summed E-state index contributed by atoms with van der Waals surface area (Å²) >= 11 is 3.24. The Morgan fingerprint density at radius 3 is 3.00 bits per heavy atom. The molecule has 0 aliphatic rings. The summed E-state index contributed by atoms with van der Waals surface area (Å²) in [5.41, 5.74) is 1.06. The van der Waals surface area contributed by atoms with E-state index in [1.807, 2.05) is 12.3 Å². The molecule has 0 aliphatic heterocycles. The van der Waals surface area contributed by atoms with E-state index < -0.39 is 0 Å². The quantitative estimate of drug-likeness (QED) is 0.737.